The van der Waals surface area contributed by atoms with Crippen molar-refractivity contribution in [3.63, 3.8) is 0 Å². The molecule has 2 aliphatic carbocycles. The summed E-state index contributed by atoms with van der Waals surface area (Å²) >= 11 is 0. The van der Waals surface area contributed by atoms with Crippen molar-refractivity contribution in [2.24, 2.45) is 28.6 Å². The molecule has 53 heavy (non-hydrogen) atoms. The molecule has 0 radical (unpaired) electrons. The van der Waals surface area contributed by atoms with Gasteiger partial charge in [-0.05, 0) is 60.7 Å². The molecular formula is C39H63N7O7. The predicted molar refractivity (Wildman–Crippen MR) is 200 cm³/mol. The van der Waals surface area contributed by atoms with Gasteiger partial charge in [0.15, 0.2) is 0 Å². The van der Waals surface area contributed by atoms with Gasteiger partial charge in [-0.25, -0.2) is 9.59 Å². The van der Waals surface area contributed by atoms with Crippen molar-refractivity contribution in [1.29, 1.82) is 0 Å². The zero-order valence-electron chi connectivity index (χ0n) is 32.7. The van der Waals surface area contributed by atoms with E-state index in [-0.39, 0.29) is 42.0 Å². The Morgan fingerprint density at radius 1 is 0.962 bits per heavy atom. The number of rotatable bonds is 15. The number of carbonyl (C=O) groups is 7. The van der Waals surface area contributed by atoms with Crippen LogP contribution in [0.15, 0.2) is 12.7 Å². The zero-order chi connectivity index (χ0) is 39.1. The molecule has 2 aliphatic heterocycles. The lowest BCUT2D eigenvalue weighted by molar-refractivity contribution is -0.144. The molecule has 4 rings (SSSR count). The standard InChI is InChI=1S/C39H63N7O7/c1-8-10-18-26(32(48)34(50)40-20-9-2)41-33(49)31-29-25(39(29,6)7)22-46(31)35(51)30(24-16-12-11-13-17-24)43-37(53)44-36(52)42-27(38(3,4)5)23-45-21-15-14-19-28(45)47/h9,24-27,29-31H,2,8,10-23H2,1,3-7H3,(H,40,50)(H,41,49)(H3,42,43,44,52,53)/t25-,26?,27+,29-,30-,31-/m0/s1. The molecule has 4 aliphatic rings. The van der Waals surface area contributed by atoms with Crippen molar-refractivity contribution in [3.8, 4) is 0 Å². The van der Waals surface area contributed by atoms with E-state index in [9.17, 15) is 33.6 Å². The number of Topliss-reactive ketones (excluding diaryl/α,β-unsaturated/α-hetero) is 1. The quantitative estimate of drug-likeness (QED) is 0.126. The van der Waals surface area contributed by atoms with E-state index in [1.54, 1.807) is 9.80 Å². The highest BCUT2D eigenvalue weighted by Crippen LogP contribution is 2.65. The molecule has 5 N–H and O–H groups in total. The number of unbranched alkanes of at least 4 members (excludes halogenated alkanes) is 1. The highest BCUT2D eigenvalue weighted by molar-refractivity contribution is 6.38. The fourth-order valence-electron chi connectivity index (χ4n) is 8.47. The number of carbonyl (C=O) groups excluding carboxylic acids is 7. The lowest BCUT2D eigenvalue weighted by atomic mass is 9.83. The van der Waals surface area contributed by atoms with Crippen LogP contribution in [-0.2, 0) is 24.0 Å². The molecule has 14 heteroatoms. The molecule has 2 saturated heterocycles. The molecule has 0 aromatic rings. The van der Waals surface area contributed by atoms with Crippen molar-refractivity contribution in [1.82, 2.24) is 36.4 Å². The van der Waals surface area contributed by atoms with Crippen LogP contribution in [-0.4, -0.2) is 102 Å². The van der Waals surface area contributed by atoms with Gasteiger partial charge in [0.05, 0.1) is 12.1 Å². The van der Waals surface area contributed by atoms with Crippen LogP contribution in [0.3, 0.4) is 0 Å². The summed E-state index contributed by atoms with van der Waals surface area (Å²) in [5.74, 6) is -2.69. The van der Waals surface area contributed by atoms with Gasteiger partial charge in [-0.1, -0.05) is 79.7 Å². The molecule has 1 unspecified atom stereocenters. The van der Waals surface area contributed by atoms with E-state index in [1.807, 2.05) is 27.7 Å². The van der Waals surface area contributed by atoms with Crippen LogP contribution >= 0.6 is 0 Å². The van der Waals surface area contributed by atoms with Crippen molar-refractivity contribution in [2.75, 3.05) is 26.2 Å². The number of amides is 8. The van der Waals surface area contributed by atoms with Crippen LogP contribution in [0.2, 0.25) is 0 Å². The number of fused-ring (bicyclic) bond motifs is 1. The van der Waals surface area contributed by atoms with E-state index >= 15 is 0 Å². The minimum absolute atomic E-state index is 0.0475. The number of ketones is 1. The van der Waals surface area contributed by atoms with Gasteiger partial charge in [0.1, 0.15) is 12.1 Å². The Morgan fingerprint density at radius 3 is 2.26 bits per heavy atom. The third-order valence-corrected chi connectivity index (χ3v) is 11.9. The number of hydrogen-bond acceptors (Lipinski definition) is 7. The lowest BCUT2D eigenvalue weighted by Gasteiger charge is -2.38. The number of imide groups is 1. The van der Waals surface area contributed by atoms with Crippen LogP contribution in [0.5, 0.6) is 0 Å². The first kappa shape index (κ1) is 41.8. The van der Waals surface area contributed by atoms with Gasteiger partial charge in [-0.15, -0.1) is 6.58 Å². The minimum Gasteiger partial charge on any atom is -0.346 e. The van der Waals surface area contributed by atoms with Crippen LogP contribution in [0.25, 0.3) is 0 Å². The maximum absolute atomic E-state index is 14.6. The third-order valence-electron chi connectivity index (χ3n) is 11.9. The normalized spacial score (nSPS) is 24.2. The van der Waals surface area contributed by atoms with Gasteiger partial charge in [-0.3, -0.25) is 29.3 Å². The van der Waals surface area contributed by atoms with E-state index in [2.05, 4.69) is 47.0 Å². The van der Waals surface area contributed by atoms with E-state index in [0.29, 0.717) is 45.3 Å². The summed E-state index contributed by atoms with van der Waals surface area (Å²) in [6.07, 6.45) is 9.53. The summed E-state index contributed by atoms with van der Waals surface area (Å²) in [6, 6.07) is -4.91. The van der Waals surface area contributed by atoms with E-state index in [1.165, 1.54) is 6.08 Å². The average molecular weight is 742 g/mol. The number of piperidine rings is 2. The van der Waals surface area contributed by atoms with Crippen molar-refractivity contribution >= 4 is 41.5 Å². The van der Waals surface area contributed by atoms with E-state index in [0.717, 1.165) is 38.5 Å². The van der Waals surface area contributed by atoms with Crippen LogP contribution in [0, 0.1) is 28.6 Å². The molecule has 2 saturated carbocycles. The van der Waals surface area contributed by atoms with E-state index < -0.39 is 65.1 Å². The summed E-state index contributed by atoms with van der Waals surface area (Å²) in [5.41, 5.74) is -0.629. The predicted octanol–water partition coefficient (Wildman–Crippen LogP) is 3.40. The fraction of sp³-hybridized carbons (Fsp3) is 0.769. The van der Waals surface area contributed by atoms with Gasteiger partial charge >= 0.3 is 12.1 Å². The molecule has 0 aromatic carbocycles. The molecule has 14 nitrogen and oxygen atoms in total. The topological polar surface area (TPSA) is 186 Å². The van der Waals surface area contributed by atoms with Gasteiger partial charge in [-0.2, -0.15) is 0 Å². The maximum Gasteiger partial charge on any atom is 0.323 e. The number of hydrogen-bond donors (Lipinski definition) is 5. The Kier molecular flexibility index (Phi) is 14.1. The molecule has 296 valence electrons. The van der Waals surface area contributed by atoms with Crippen LogP contribution in [0.1, 0.15) is 112 Å². The van der Waals surface area contributed by atoms with Gasteiger partial charge in [0.2, 0.25) is 23.5 Å². The molecule has 0 bridgehead atoms. The van der Waals surface area contributed by atoms with Gasteiger partial charge in [0.25, 0.3) is 5.91 Å². The minimum atomic E-state index is -1.05. The van der Waals surface area contributed by atoms with Crippen LogP contribution < -0.4 is 26.6 Å². The largest absolute Gasteiger partial charge is 0.346 e. The summed E-state index contributed by atoms with van der Waals surface area (Å²) in [7, 11) is 0. The molecule has 8 amide bonds. The molecule has 0 spiro atoms. The van der Waals surface area contributed by atoms with Crippen molar-refractivity contribution in [3.05, 3.63) is 12.7 Å². The molecule has 0 aromatic heterocycles. The summed E-state index contributed by atoms with van der Waals surface area (Å²) in [6.45, 7) is 16.9. The maximum atomic E-state index is 14.6. The van der Waals surface area contributed by atoms with Gasteiger partial charge < -0.3 is 31.1 Å². The Bertz CT molecular complexity index is 1400. The highest BCUT2D eigenvalue weighted by atomic mass is 16.2. The third kappa shape index (κ3) is 10.4. The number of urea groups is 2. The second-order valence-corrected chi connectivity index (χ2v) is 17.1. The first-order valence-corrected chi connectivity index (χ1v) is 19.7. The first-order chi connectivity index (χ1) is 25.0. The van der Waals surface area contributed by atoms with Crippen LogP contribution in [0.4, 0.5) is 9.59 Å². The van der Waals surface area contributed by atoms with E-state index in [4.69, 9.17) is 0 Å². The second-order valence-electron chi connectivity index (χ2n) is 17.1. The molecular weight excluding hydrogens is 678 g/mol. The monoisotopic (exact) mass is 741 g/mol. The second kappa shape index (κ2) is 17.9. The molecule has 6 atom stereocenters. The SMILES string of the molecule is C=CCNC(=O)C(=O)C(CCCC)NC(=O)[C@@H]1[C@@H]2[C@H](CN1C(=O)[C@@H](NC(=O)NC(=O)N[C@H](CN1CCCCC1=O)C(C)(C)C)C1CCCCC1)C2(C)C. The summed E-state index contributed by atoms with van der Waals surface area (Å²) in [5, 5.41) is 13.4. The number of likely N-dealkylation sites (tertiary alicyclic amines) is 2. The Morgan fingerprint density at radius 2 is 1.64 bits per heavy atom. The number of nitrogens with zero attached hydrogens (tertiary/aromatic N) is 2. The Hall–Kier alpha value is -3.97. The Balaban J connectivity index is 1.49. The first-order valence-electron chi connectivity index (χ1n) is 19.7. The molecule has 4 fully saturated rings. The number of nitrogens with one attached hydrogen (secondary N) is 5. The fourth-order valence-corrected chi connectivity index (χ4v) is 8.47. The summed E-state index contributed by atoms with van der Waals surface area (Å²) < 4.78 is 0. The van der Waals surface area contributed by atoms with Gasteiger partial charge in [0, 0.05) is 32.6 Å². The smallest absolute Gasteiger partial charge is 0.323 e. The van der Waals surface area contributed by atoms with Crippen molar-refractivity contribution < 1.29 is 33.6 Å². The lowest BCUT2D eigenvalue weighted by Crippen LogP contribution is -2.61. The average Bonchev–Trinajstić information content (AvgIpc) is 3.41. The zero-order valence-corrected chi connectivity index (χ0v) is 32.7. The molecule has 2 heterocycles. The highest BCUT2D eigenvalue weighted by Gasteiger charge is 2.69. The summed E-state index contributed by atoms with van der Waals surface area (Å²) in [4.78, 5) is 96.9. The van der Waals surface area contributed by atoms with Crippen molar-refractivity contribution in [2.45, 2.75) is 136 Å². The Labute approximate surface area is 314 Å².